The zero-order valence-electron chi connectivity index (χ0n) is 15.2. The summed E-state index contributed by atoms with van der Waals surface area (Å²) in [6.45, 7) is 2.79. The van der Waals surface area contributed by atoms with Crippen molar-refractivity contribution in [3.05, 3.63) is 69.1 Å². The molecule has 2 aromatic carbocycles. The fourth-order valence-electron chi connectivity index (χ4n) is 2.58. The quantitative estimate of drug-likeness (QED) is 0.204. The van der Waals surface area contributed by atoms with Crippen LogP contribution in [-0.2, 0) is 4.79 Å². The second-order valence-electron chi connectivity index (χ2n) is 6.07. The Kier molecular flexibility index (Phi) is 6.43. The molecular weight excluding hydrogens is 396 g/mol. The van der Waals surface area contributed by atoms with Gasteiger partial charge < -0.3 is 4.74 Å². The lowest BCUT2D eigenvalue weighted by atomic mass is 10.2. The molecule has 1 fully saturated rings. The number of nitro groups is 1. The van der Waals surface area contributed by atoms with Crippen LogP contribution in [0.5, 0.6) is 5.75 Å². The average Bonchev–Trinajstić information content (AvgIpc) is 2.96. The minimum Gasteiger partial charge on any atom is -0.494 e. The molecular formula is C20H18N2O4S2. The van der Waals surface area contributed by atoms with Crippen LogP contribution in [0.1, 0.15) is 25.3 Å². The van der Waals surface area contributed by atoms with Crippen LogP contribution in [0, 0.1) is 10.1 Å². The molecule has 0 aliphatic carbocycles. The highest BCUT2D eigenvalue weighted by molar-refractivity contribution is 8.27. The van der Waals surface area contributed by atoms with E-state index in [2.05, 4.69) is 6.92 Å². The summed E-state index contributed by atoms with van der Waals surface area (Å²) in [4.78, 5) is 25.1. The van der Waals surface area contributed by atoms with E-state index in [9.17, 15) is 14.9 Å². The molecule has 28 heavy (non-hydrogen) atoms. The smallest absolute Gasteiger partial charge is 0.271 e. The molecule has 1 amide bonds. The van der Waals surface area contributed by atoms with Gasteiger partial charge in [0.05, 0.1) is 22.1 Å². The highest BCUT2D eigenvalue weighted by atomic mass is 32.2. The standard InChI is InChI=1S/C20H18N2O4S2/c1-2-3-11-26-17-9-7-14(8-10-17)12-18-19(23)21(20(27)28-18)15-5-4-6-16(13-15)22(24)25/h4-10,12-13H,2-3,11H2,1H3. The van der Waals surface area contributed by atoms with Gasteiger partial charge in [0.1, 0.15) is 5.75 Å². The number of amides is 1. The van der Waals surface area contributed by atoms with Gasteiger partial charge in [-0.15, -0.1) is 0 Å². The number of non-ortho nitro benzene ring substituents is 1. The van der Waals surface area contributed by atoms with E-state index >= 15 is 0 Å². The third-order valence-electron chi connectivity index (χ3n) is 4.04. The summed E-state index contributed by atoms with van der Waals surface area (Å²) in [5.41, 5.74) is 1.15. The molecule has 0 bridgehead atoms. The fraction of sp³-hybridized carbons (Fsp3) is 0.200. The average molecular weight is 415 g/mol. The molecule has 1 aliphatic heterocycles. The molecule has 0 spiro atoms. The highest BCUT2D eigenvalue weighted by Crippen LogP contribution is 2.37. The first-order valence-corrected chi connectivity index (χ1v) is 9.97. The number of thiocarbonyl (C=S) groups is 1. The van der Waals surface area contributed by atoms with Crippen molar-refractivity contribution in [2.24, 2.45) is 0 Å². The lowest BCUT2D eigenvalue weighted by molar-refractivity contribution is -0.384. The number of nitro benzene ring substituents is 1. The molecule has 8 heteroatoms. The summed E-state index contributed by atoms with van der Waals surface area (Å²) in [6, 6.07) is 13.4. The van der Waals surface area contributed by atoms with Crippen LogP contribution in [0.3, 0.4) is 0 Å². The summed E-state index contributed by atoms with van der Waals surface area (Å²) < 4.78 is 5.98. The van der Waals surface area contributed by atoms with E-state index in [1.807, 2.05) is 24.3 Å². The zero-order chi connectivity index (χ0) is 20.1. The van der Waals surface area contributed by atoms with Crippen molar-refractivity contribution in [2.75, 3.05) is 11.5 Å². The molecule has 2 aromatic rings. The molecule has 1 aliphatic rings. The number of hydrogen-bond acceptors (Lipinski definition) is 6. The highest BCUT2D eigenvalue weighted by Gasteiger charge is 2.33. The van der Waals surface area contributed by atoms with Gasteiger partial charge in [0.2, 0.25) is 0 Å². The van der Waals surface area contributed by atoms with Crippen molar-refractivity contribution < 1.29 is 14.5 Å². The van der Waals surface area contributed by atoms with Crippen molar-refractivity contribution in [3.63, 3.8) is 0 Å². The number of hydrogen-bond donors (Lipinski definition) is 0. The summed E-state index contributed by atoms with van der Waals surface area (Å²) in [5.74, 6) is 0.494. The second-order valence-corrected chi connectivity index (χ2v) is 7.74. The van der Waals surface area contributed by atoms with Crippen molar-refractivity contribution in [1.29, 1.82) is 0 Å². The molecule has 0 aromatic heterocycles. The monoisotopic (exact) mass is 414 g/mol. The van der Waals surface area contributed by atoms with Crippen LogP contribution in [0.25, 0.3) is 6.08 Å². The first-order valence-electron chi connectivity index (χ1n) is 8.75. The number of anilines is 1. The summed E-state index contributed by atoms with van der Waals surface area (Å²) in [5, 5.41) is 11.0. The number of unbranched alkanes of at least 4 members (excludes halogenated alkanes) is 1. The van der Waals surface area contributed by atoms with E-state index in [1.54, 1.807) is 12.1 Å². The van der Waals surface area contributed by atoms with Crippen molar-refractivity contribution in [3.8, 4) is 5.75 Å². The maximum Gasteiger partial charge on any atom is 0.271 e. The Balaban J connectivity index is 1.77. The van der Waals surface area contributed by atoms with Crippen LogP contribution < -0.4 is 9.64 Å². The Hall–Kier alpha value is -2.71. The Labute approximate surface area is 172 Å². The maximum absolute atomic E-state index is 12.8. The number of nitrogens with zero attached hydrogens (tertiary/aromatic N) is 2. The van der Waals surface area contributed by atoms with Gasteiger partial charge in [0.25, 0.3) is 11.6 Å². The number of thioether (sulfide) groups is 1. The molecule has 144 valence electrons. The number of ether oxygens (including phenoxy) is 1. The van der Waals surface area contributed by atoms with Crippen LogP contribution in [0.4, 0.5) is 11.4 Å². The number of carbonyl (C=O) groups excluding carboxylic acids is 1. The fourth-order valence-corrected chi connectivity index (χ4v) is 3.88. The minimum atomic E-state index is -0.499. The molecule has 1 saturated heterocycles. The van der Waals surface area contributed by atoms with Crippen molar-refractivity contribution >= 4 is 51.7 Å². The van der Waals surface area contributed by atoms with E-state index in [0.29, 0.717) is 21.5 Å². The van der Waals surface area contributed by atoms with E-state index in [0.717, 1.165) is 24.2 Å². The first-order chi connectivity index (χ1) is 13.5. The van der Waals surface area contributed by atoms with E-state index in [4.69, 9.17) is 17.0 Å². The predicted octanol–water partition coefficient (Wildman–Crippen LogP) is 5.18. The van der Waals surface area contributed by atoms with Gasteiger partial charge in [-0.2, -0.15) is 0 Å². The van der Waals surface area contributed by atoms with Crippen LogP contribution >= 0.6 is 24.0 Å². The Morgan fingerprint density at radius 3 is 2.68 bits per heavy atom. The molecule has 0 N–H and O–H groups in total. The first kappa shape index (κ1) is 20.0. The predicted molar refractivity (Wildman–Crippen MR) is 116 cm³/mol. The van der Waals surface area contributed by atoms with Crippen LogP contribution in [-0.4, -0.2) is 21.8 Å². The van der Waals surface area contributed by atoms with E-state index < -0.39 is 4.92 Å². The molecule has 0 radical (unpaired) electrons. The molecule has 0 saturated carbocycles. The normalized spacial score (nSPS) is 15.3. The third-order valence-corrected chi connectivity index (χ3v) is 5.34. The van der Waals surface area contributed by atoms with Crippen molar-refractivity contribution in [1.82, 2.24) is 0 Å². The molecule has 0 atom stereocenters. The van der Waals surface area contributed by atoms with Gasteiger partial charge in [0.15, 0.2) is 4.32 Å². The Morgan fingerprint density at radius 2 is 2.00 bits per heavy atom. The van der Waals surface area contributed by atoms with Crippen molar-refractivity contribution in [2.45, 2.75) is 19.8 Å². The zero-order valence-corrected chi connectivity index (χ0v) is 16.8. The van der Waals surface area contributed by atoms with Gasteiger partial charge in [0, 0.05) is 12.1 Å². The van der Waals surface area contributed by atoms with Gasteiger partial charge >= 0.3 is 0 Å². The number of benzene rings is 2. The minimum absolute atomic E-state index is 0.0887. The summed E-state index contributed by atoms with van der Waals surface area (Å²) >= 11 is 6.49. The lowest BCUT2D eigenvalue weighted by Crippen LogP contribution is -2.27. The largest absolute Gasteiger partial charge is 0.494 e. The van der Waals surface area contributed by atoms with E-state index in [1.165, 1.54) is 34.9 Å². The number of rotatable bonds is 7. The lowest BCUT2D eigenvalue weighted by Gasteiger charge is -2.13. The summed E-state index contributed by atoms with van der Waals surface area (Å²) in [7, 11) is 0. The van der Waals surface area contributed by atoms with Gasteiger partial charge in [-0.05, 0) is 36.3 Å². The van der Waals surface area contributed by atoms with Gasteiger partial charge in [-0.25, -0.2) is 0 Å². The van der Waals surface area contributed by atoms with Gasteiger partial charge in [-0.3, -0.25) is 19.8 Å². The molecule has 3 rings (SSSR count). The Bertz CT molecular complexity index is 941. The topological polar surface area (TPSA) is 72.7 Å². The number of carbonyl (C=O) groups is 1. The second kappa shape index (κ2) is 8.99. The summed E-state index contributed by atoms with van der Waals surface area (Å²) in [6.07, 6.45) is 3.83. The Morgan fingerprint density at radius 1 is 1.25 bits per heavy atom. The molecule has 0 unspecified atom stereocenters. The van der Waals surface area contributed by atoms with Crippen LogP contribution in [0.15, 0.2) is 53.4 Å². The third kappa shape index (κ3) is 4.58. The van der Waals surface area contributed by atoms with Gasteiger partial charge in [-0.1, -0.05) is 55.5 Å². The molecule has 1 heterocycles. The van der Waals surface area contributed by atoms with E-state index in [-0.39, 0.29) is 11.6 Å². The van der Waals surface area contributed by atoms with Crippen LogP contribution in [0.2, 0.25) is 0 Å². The molecule has 6 nitrogen and oxygen atoms in total. The SMILES string of the molecule is CCCCOc1ccc(C=C2SC(=S)N(c3cccc([N+](=O)[O-])c3)C2=O)cc1. The maximum atomic E-state index is 12.8.